The molecule has 0 bridgehead atoms. The van der Waals surface area contributed by atoms with Crippen LogP contribution >= 0.6 is 23.1 Å². The molecule has 5 heteroatoms. The number of thiophene rings is 1. The van der Waals surface area contributed by atoms with Gasteiger partial charge in [-0.2, -0.15) is 0 Å². The molecule has 0 aliphatic heterocycles. The Morgan fingerprint density at radius 3 is 2.63 bits per heavy atom. The first kappa shape index (κ1) is 14.1. The van der Waals surface area contributed by atoms with E-state index in [9.17, 15) is 9.90 Å². The number of nitrogens with zero attached hydrogens (tertiary/aromatic N) is 1. The molecule has 0 amide bonds. The summed E-state index contributed by atoms with van der Waals surface area (Å²) in [5, 5.41) is 11.9. The second kappa shape index (κ2) is 5.35. The molecule has 2 aromatic heterocycles. The molecule has 0 atom stereocenters. The van der Waals surface area contributed by atoms with Crippen LogP contribution in [0.25, 0.3) is 0 Å². The highest BCUT2D eigenvalue weighted by atomic mass is 32.2. The molecule has 0 unspecified atom stereocenters. The van der Waals surface area contributed by atoms with Gasteiger partial charge in [0.25, 0.3) is 0 Å². The lowest BCUT2D eigenvalue weighted by molar-refractivity contribution is 0.0696. The fourth-order valence-corrected chi connectivity index (χ4v) is 3.24. The fourth-order valence-electron chi connectivity index (χ4n) is 1.49. The van der Waals surface area contributed by atoms with Gasteiger partial charge in [-0.3, -0.25) is 0 Å². The summed E-state index contributed by atoms with van der Waals surface area (Å²) in [6, 6.07) is 7.25. The van der Waals surface area contributed by atoms with Gasteiger partial charge in [0.15, 0.2) is 0 Å². The van der Waals surface area contributed by atoms with Gasteiger partial charge in [0.1, 0.15) is 5.03 Å². The van der Waals surface area contributed by atoms with Gasteiger partial charge in [-0.15, -0.1) is 11.3 Å². The Morgan fingerprint density at radius 2 is 2.11 bits per heavy atom. The lowest BCUT2D eigenvalue weighted by Crippen LogP contribution is -2.15. The van der Waals surface area contributed by atoms with Crippen LogP contribution in [0.15, 0.2) is 38.9 Å². The van der Waals surface area contributed by atoms with Gasteiger partial charge in [0.2, 0.25) is 0 Å². The Balaban J connectivity index is 2.42. The Hall–Kier alpha value is -1.33. The van der Waals surface area contributed by atoms with Crippen molar-refractivity contribution in [2.75, 3.05) is 0 Å². The van der Waals surface area contributed by atoms with Crippen LogP contribution in [-0.4, -0.2) is 16.1 Å². The van der Waals surface area contributed by atoms with Crippen molar-refractivity contribution < 1.29 is 9.90 Å². The largest absolute Gasteiger partial charge is 0.478 e. The topological polar surface area (TPSA) is 50.2 Å². The summed E-state index contributed by atoms with van der Waals surface area (Å²) >= 11 is 3.12. The van der Waals surface area contributed by atoms with E-state index in [0.29, 0.717) is 5.56 Å². The van der Waals surface area contributed by atoms with E-state index < -0.39 is 5.97 Å². The van der Waals surface area contributed by atoms with E-state index in [1.54, 1.807) is 23.5 Å². The molecule has 2 heterocycles. The molecule has 0 saturated carbocycles. The number of aromatic carboxylic acids is 1. The van der Waals surface area contributed by atoms with Gasteiger partial charge in [-0.05, 0) is 23.6 Å². The summed E-state index contributed by atoms with van der Waals surface area (Å²) < 4.78 is 1.11. The molecule has 0 aromatic carbocycles. The van der Waals surface area contributed by atoms with E-state index in [4.69, 9.17) is 0 Å². The molecule has 100 valence electrons. The molecule has 2 aromatic rings. The third kappa shape index (κ3) is 3.58. The number of carboxylic acid groups (broad SMARTS) is 1. The average Bonchev–Trinajstić information content (AvgIpc) is 2.80. The summed E-state index contributed by atoms with van der Waals surface area (Å²) in [6.45, 7) is 6.08. The van der Waals surface area contributed by atoms with Gasteiger partial charge in [0.05, 0.1) is 9.77 Å². The number of aromatic nitrogens is 1. The van der Waals surface area contributed by atoms with Crippen LogP contribution in [0.4, 0.5) is 0 Å². The Kier molecular flexibility index (Phi) is 3.96. The molecule has 0 saturated heterocycles. The molecular formula is C14H15NO2S2. The Bertz CT molecular complexity index is 586. The van der Waals surface area contributed by atoms with Crippen LogP contribution in [0.1, 0.15) is 36.8 Å². The summed E-state index contributed by atoms with van der Waals surface area (Å²) in [6.07, 6.45) is 0. The Morgan fingerprint density at radius 1 is 1.37 bits per heavy atom. The predicted octanol–water partition coefficient (Wildman–Crippen LogP) is 4.29. The van der Waals surface area contributed by atoms with Crippen LogP contribution in [0.2, 0.25) is 0 Å². The average molecular weight is 293 g/mol. The lowest BCUT2D eigenvalue weighted by Gasteiger charge is -2.19. The summed E-state index contributed by atoms with van der Waals surface area (Å²) in [7, 11) is 0. The van der Waals surface area contributed by atoms with E-state index in [1.807, 2.05) is 38.3 Å². The molecule has 19 heavy (non-hydrogen) atoms. The monoisotopic (exact) mass is 293 g/mol. The molecule has 3 nitrogen and oxygen atoms in total. The van der Waals surface area contributed by atoms with Crippen LogP contribution in [0, 0.1) is 0 Å². The first-order valence-corrected chi connectivity index (χ1v) is 7.53. The van der Waals surface area contributed by atoms with Crippen molar-refractivity contribution in [3.05, 3.63) is 40.9 Å². The van der Waals surface area contributed by atoms with E-state index in [1.165, 1.54) is 11.8 Å². The molecule has 0 fully saturated rings. The number of pyridine rings is 1. The van der Waals surface area contributed by atoms with E-state index in [-0.39, 0.29) is 5.41 Å². The highest BCUT2D eigenvalue weighted by Gasteiger charge is 2.19. The molecular weight excluding hydrogens is 278 g/mol. The number of rotatable bonds is 3. The van der Waals surface area contributed by atoms with Crippen LogP contribution < -0.4 is 0 Å². The van der Waals surface area contributed by atoms with Crippen LogP contribution in [0.5, 0.6) is 0 Å². The third-order valence-electron chi connectivity index (χ3n) is 2.52. The summed E-state index contributed by atoms with van der Waals surface area (Å²) in [5.41, 5.74) is 0.918. The maximum atomic E-state index is 11.2. The van der Waals surface area contributed by atoms with Gasteiger partial charge in [0, 0.05) is 11.1 Å². The zero-order valence-electron chi connectivity index (χ0n) is 11.0. The van der Waals surface area contributed by atoms with Crippen molar-refractivity contribution in [1.29, 1.82) is 0 Å². The molecule has 0 aliphatic carbocycles. The van der Waals surface area contributed by atoms with E-state index in [0.717, 1.165) is 14.9 Å². The van der Waals surface area contributed by atoms with E-state index in [2.05, 4.69) is 4.98 Å². The fraction of sp³-hybridized carbons (Fsp3) is 0.286. The molecule has 1 N–H and O–H groups in total. The van der Waals surface area contributed by atoms with Crippen molar-refractivity contribution in [2.24, 2.45) is 0 Å². The van der Waals surface area contributed by atoms with E-state index >= 15 is 0 Å². The van der Waals surface area contributed by atoms with Crippen LogP contribution in [-0.2, 0) is 5.41 Å². The SMILES string of the molecule is CC(C)(C)c1cc(C(=O)O)cc(Sc2cccs2)n1. The molecule has 2 rings (SSSR count). The standard InChI is InChI=1S/C14H15NO2S2/c1-14(2,3)10-7-9(13(16)17)8-11(15-10)19-12-5-4-6-18-12/h4-8H,1-3H3,(H,16,17). The van der Waals surface area contributed by atoms with Gasteiger partial charge in [-0.1, -0.05) is 38.6 Å². The third-order valence-corrected chi connectivity index (χ3v) is 4.47. The van der Waals surface area contributed by atoms with Crippen molar-refractivity contribution in [1.82, 2.24) is 4.98 Å². The number of carboxylic acids is 1. The maximum Gasteiger partial charge on any atom is 0.335 e. The molecule has 0 radical (unpaired) electrons. The predicted molar refractivity (Wildman–Crippen MR) is 78.3 cm³/mol. The zero-order valence-corrected chi connectivity index (χ0v) is 12.6. The summed E-state index contributed by atoms with van der Waals surface area (Å²) in [4.78, 5) is 15.8. The van der Waals surface area contributed by atoms with Crippen molar-refractivity contribution in [3.63, 3.8) is 0 Å². The van der Waals surface area contributed by atoms with Crippen molar-refractivity contribution in [2.45, 2.75) is 35.4 Å². The number of hydrogen-bond donors (Lipinski definition) is 1. The maximum absolute atomic E-state index is 11.2. The quantitative estimate of drug-likeness (QED) is 0.917. The number of carbonyl (C=O) groups is 1. The minimum absolute atomic E-state index is 0.170. The molecule has 0 spiro atoms. The number of hydrogen-bond acceptors (Lipinski definition) is 4. The van der Waals surface area contributed by atoms with Crippen molar-refractivity contribution >= 4 is 29.1 Å². The smallest absolute Gasteiger partial charge is 0.335 e. The van der Waals surface area contributed by atoms with Crippen molar-refractivity contribution in [3.8, 4) is 0 Å². The normalized spacial score (nSPS) is 11.5. The highest BCUT2D eigenvalue weighted by molar-refractivity contribution is 8.01. The minimum Gasteiger partial charge on any atom is -0.478 e. The van der Waals surface area contributed by atoms with Gasteiger partial charge < -0.3 is 5.11 Å². The highest BCUT2D eigenvalue weighted by Crippen LogP contribution is 2.32. The van der Waals surface area contributed by atoms with Gasteiger partial charge >= 0.3 is 5.97 Å². The Labute approximate surface area is 120 Å². The van der Waals surface area contributed by atoms with Gasteiger partial charge in [-0.25, -0.2) is 9.78 Å². The van der Waals surface area contributed by atoms with Crippen LogP contribution in [0.3, 0.4) is 0 Å². The minimum atomic E-state index is -0.916. The second-order valence-electron chi connectivity index (χ2n) is 5.17. The summed E-state index contributed by atoms with van der Waals surface area (Å²) in [5.74, 6) is -0.916. The second-order valence-corrected chi connectivity index (χ2v) is 7.44. The first-order chi connectivity index (χ1) is 8.86. The lowest BCUT2D eigenvalue weighted by atomic mass is 9.91. The first-order valence-electron chi connectivity index (χ1n) is 5.83. The molecule has 0 aliphatic rings. The zero-order chi connectivity index (χ0) is 14.0.